The van der Waals surface area contributed by atoms with Crippen molar-refractivity contribution in [2.45, 2.75) is 39.2 Å². The molecule has 3 rings (SSSR count). The van der Waals surface area contributed by atoms with Crippen molar-refractivity contribution < 1.29 is 13.2 Å². The van der Waals surface area contributed by atoms with Gasteiger partial charge in [0.1, 0.15) is 5.82 Å². The monoisotopic (exact) mass is 354 g/mol. The molecule has 7 nitrogen and oxygen atoms in total. The minimum atomic E-state index is -2.99. The first-order valence-electron chi connectivity index (χ1n) is 8.61. The van der Waals surface area contributed by atoms with Gasteiger partial charge in [0.05, 0.1) is 29.8 Å². The molecular weight excluding hydrogens is 328 g/mol. The highest BCUT2D eigenvalue weighted by molar-refractivity contribution is 7.91. The van der Waals surface area contributed by atoms with Crippen LogP contribution >= 0.6 is 0 Å². The lowest BCUT2D eigenvalue weighted by molar-refractivity contribution is -0.117. The van der Waals surface area contributed by atoms with Crippen LogP contribution in [0.5, 0.6) is 0 Å². The van der Waals surface area contributed by atoms with E-state index in [-0.39, 0.29) is 23.5 Å². The zero-order chi connectivity index (χ0) is 17.3. The van der Waals surface area contributed by atoms with Gasteiger partial charge in [-0.1, -0.05) is 6.92 Å². The molecule has 1 N–H and O–H groups in total. The number of hydrogen-bond acceptors (Lipinski definition) is 5. The molecule has 0 unspecified atom stereocenters. The Morgan fingerprint density at radius 3 is 2.67 bits per heavy atom. The van der Waals surface area contributed by atoms with Crippen LogP contribution < -0.4 is 5.32 Å². The molecule has 2 fully saturated rings. The number of anilines is 1. The number of piperidine rings is 1. The summed E-state index contributed by atoms with van der Waals surface area (Å²) in [6.45, 7) is 6.37. The molecule has 0 aliphatic carbocycles. The zero-order valence-corrected chi connectivity index (χ0v) is 15.2. The lowest BCUT2D eigenvalue weighted by Crippen LogP contribution is -2.39. The van der Waals surface area contributed by atoms with Crippen LogP contribution in [0.4, 0.5) is 5.82 Å². The highest BCUT2D eigenvalue weighted by Gasteiger charge is 2.31. The summed E-state index contributed by atoms with van der Waals surface area (Å²) in [6, 6.07) is 1.62. The molecule has 1 amide bonds. The van der Waals surface area contributed by atoms with Gasteiger partial charge in [-0.2, -0.15) is 5.10 Å². The summed E-state index contributed by atoms with van der Waals surface area (Å²) in [5, 5.41) is 7.31. The Morgan fingerprint density at radius 1 is 1.33 bits per heavy atom. The first kappa shape index (κ1) is 17.4. The summed E-state index contributed by atoms with van der Waals surface area (Å²) in [5.74, 6) is 1.56. The van der Waals surface area contributed by atoms with Gasteiger partial charge in [0, 0.05) is 6.07 Å². The minimum absolute atomic E-state index is 0.0634. The number of carbonyl (C=O) groups is 1. The SMILES string of the molecule is Cc1cc(NC(=O)CN2CCC(C)CC2)n([C@@H]2CCS(=O)(=O)C2)n1. The number of hydrogen-bond donors (Lipinski definition) is 1. The number of carbonyl (C=O) groups excluding carboxylic acids is 1. The highest BCUT2D eigenvalue weighted by atomic mass is 32.2. The average molecular weight is 354 g/mol. The second-order valence-corrected chi connectivity index (χ2v) is 9.41. The molecule has 1 atom stereocenters. The van der Waals surface area contributed by atoms with Gasteiger partial charge >= 0.3 is 0 Å². The maximum Gasteiger partial charge on any atom is 0.239 e. The summed E-state index contributed by atoms with van der Waals surface area (Å²) in [6.07, 6.45) is 2.81. The average Bonchev–Trinajstić information content (AvgIpc) is 3.03. The van der Waals surface area contributed by atoms with Crippen molar-refractivity contribution in [2.24, 2.45) is 5.92 Å². The third-order valence-electron chi connectivity index (χ3n) is 4.92. The van der Waals surface area contributed by atoms with Gasteiger partial charge in [0.15, 0.2) is 9.84 Å². The second-order valence-electron chi connectivity index (χ2n) is 7.18. The number of nitrogens with one attached hydrogen (secondary N) is 1. The minimum Gasteiger partial charge on any atom is -0.310 e. The first-order chi connectivity index (χ1) is 11.3. The topological polar surface area (TPSA) is 84.3 Å². The van der Waals surface area contributed by atoms with E-state index in [1.165, 1.54) is 0 Å². The molecule has 1 aromatic heterocycles. The third kappa shape index (κ3) is 4.16. The fourth-order valence-corrected chi connectivity index (χ4v) is 5.15. The lowest BCUT2D eigenvalue weighted by Gasteiger charge is -2.29. The van der Waals surface area contributed by atoms with E-state index in [2.05, 4.69) is 22.2 Å². The van der Waals surface area contributed by atoms with E-state index >= 15 is 0 Å². The molecule has 2 saturated heterocycles. The quantitative estimate of drug-likeness (QED) is 0.879. The number of amides is 1. The normalized spacial score (nSPS) is 25.0. The van der Waals surface area contributed by atoms with E-state index in [0.717, 1.165) is 37.5 Å². The molecule has 1 aromatic rings. The van der Waals surface area contributed by atoms with E-state index in [1.807, 2.05) is 6.92 Å². The maximum atomic E-state index is 12.4. The molecule has 0 spiro atoms. The summed E-state index contributed by atoms with van der Waals surface area (Å²) in [5.41, 5.74) is 0.779. The maximum absolute atomic E-state index is 12.4. The van der Waals surface area contributed by atoms with E-state index in [0.29, 0.717) is 18.8 Å². The third-order valence-corrected chi connectivity index (χ3v) is 6.67. The van der Waals surface area contributed by atoms with E-state index in [4.69, 9.17) is 0 Å². The fourth-order valence-electron chi connectivity index (χ4n) is 3.46. The molecule has 0 radical (unpaired) electrons. The fraction of sp³-hybridized carbons (Fsp3) is 0.750. The van der Waals surface area contributed by atoms with Gasteiger partial charge in [-0.15, -0.1) is 0 Å². The number of nitrogens with zero attached hydrogens (tertiary/aromatic N) is 3. The summed E-state index contributed by atoms with van der Waals surface area (Å²) in [7, 11) is -2.99. The molecule has 24 heavy (non-hydrogen) atoms. The first-order valence-corrected chi connectivity index (χ1v) is 10.4. The van der Waals surface area contributed by atoms with Crippen molar-refractivity contribution in [3.05, 3.63) is 11.8 Å². The van der Waals surface area contributed by atoms with Crippen LogP contribution in [-0.2, 0) is 14.6 Å². The Kier molecular flexibility index (Phi) is 4.96. The highest BCUT2D eigenvalue weighted by Crippen LogP contribution is 2.27. The van der Waals surface area contributed by atoms with Crippen LogP contribution in [0.3, 0.4) is 0 Å². The number of likely N-dealkylation sites (tertiary alicyclic amines) is 1. The van der Waals surface area contributed by atoms with Crippen molar-refractivity contribution in [2.75, 3.05) is 36.5 Å². The van der Waals surface area contributed by atoms with Crippen molar-refractivity contribution >= 4 is 21.6 Å². The standard InChI is InChI=1S/C16H26N4O3S/c1-12-3-6-19(7-4-12)10-16(21)17-15-9-13(2)18-20(15)14-5-8-24(22,23)11-14/h9,12,14H,3-8,10-11H2,1-2H3,(H,17,21)/t14-/m1/s1. The van der Waals surface area contributed by atoms with Gasteiger partial charge in [-0.25, -0.2) is 13.1 Å². The number of rotatable bonds is 4. The van der Waals surface area contributed by atoms with Gasteiger partial charge < -0.3 is 5.32 Å². The summed E-state index contributed by atoms with van der Waals surface area (Å²) < 4.78 is 25.1. The van der Waals surface area contributed by atoms with Crippen LogP contribution in [-0.4, -0.2) is 60.1 Å². The van der Waals surface area contributed by atoms with Gasteiger partial charge in [0.2, 0.25) is 5.91 Å². The van der Waals surface area contributed by atoms with Crippen LogP contribution in [0.15, 0.2) is 6.07 Å². The summed E-state index contributed by atoms with van der Waals surface area (Å²) in [4.78, 5) is 14.5. The van der Waals surface area contributed by atoms with E-state index in [9.17, 15) is 13.2 Å². The Balaban J connectivity index is 1.64. The van der Waals surface area contributed by atoms with Gasteiger partial charge in [0.25, 0.3) is 0 Å². The Labute approximate surface area is 143 Å². The molecule has 0 aromatic carbocycles. The molecule has 0 saturated carbocycles. The van der Waals surface area contributed by atoms with Crippen LogP contribution in [0.2, 0.25) is 0 Å². The smallest absolute Gasteiger partial charge is 0.239 e. The Hall–Kier alpha value is -1.41. The predicted octanol–water partition coefficient (Wildman–Crippen LogP) is 1.22. The predicted molar refractivity (Wildman–Crippen MR) is 92.7 cm³/mol. The Bertz CT molecular complexity index is 705. The van der Waals surface area contributed by atoms with Gasteiger partial charge in [-0.05, 0) is 45.2 Å². The van der Waals surface area contributed by atoms with Crippen molar-refractivity contribution in [3.63, 3.8) is 0 Å². The number of aromatic nitrogens is 2. The molecule has 8 heteroatoms. The molecule has 2 aliphatic rings. The second kappa shape index (κ2) is 6.84. The molecule has 0 bridgehead atoms. The lowest BCUT2D eigenvalue weighted by atomic mass is 9.99. The Morgan fingerprint density at radius 2 is 2.04 bits per heavy atom. The van der Waals surface area contributed by atoms with Crippen LogP contribution in [0.1, 0.15) is 37.9 Å². The van der Waals surface area contributed by atoms with Crippen LogP contribution in [0, 0.1) is 12.8 Å². The molecule has 2 aliphatic heterocycles. The molecule has 134 valence electrons. The van der Waals surface area contributed by atoms with Crippen molar-refractivity contribution in [1.82, 2.24) is 14.7 Å². The van der Waals surface area contributed by atoms with E-state index < -0.39 is 9.84 Å². The zero-order valence-electron chi connectivity index (χ0n) is 14.4. The van der Waals surface area contributed by atoms with Crippen molar-refractivity contribution in [1.29, 1.82) is 0 Å². The molecule has 3 heterocycles. The largest absolute Gasteiger partial charge is 0.310 e. The molecular formula is C16H26N4O3S. The van der Waals surface area contributed by atoms with Crippen molar-refractivity contribution in [3.8, 4) is 0 Å². The van der Waals surface area contributed by atoms with Gasteiger partial charge in [-0.3, -0.25) is 9.69 Å². The van der Waals surface area contributed by atoms with E-state index in [1.54, 1.807) is 10.7 Å². The number of sulfone groups is 1. The number of aryl methyl sites for hydroxylation is 1. The van der Waals surface area contributed by atoms with Crippen LogP contribution in [0.25, 0.3) is 0 Å². The summed E-state index contributed by atoms with van der Waals surface area (Å²) >= 11 is 0.